The van der Waals surface area contributed by atoms with Crippen LogP contribution in [0.15, 0.2) is 47.3 Å². The van der Waals surface area contributed by atoms with E-state index in [-0.39, 0.29) is 31.3 Å². The first-order valence-electron chi connectivity index (χ1n) is 9.71. The van der Waals surface area contributed by atoms with Gasteiger partial charge in [-0.05, 0) is 31.6 Å². The van der Waals surface area contributed by atoms with Crippen molar-refractivity contribution in [2.24, 2.45) is 5.16 Å². The van der Waals surface area contributed by atoms with Crippen molar-refractivity contribution in [3.8, 4) is 5.75 Å². The molecule has 0 spiro atoms. The second-order valence-corrected chi connectivity index (χ2v) is 7.26. The molecule has 5 N–H and O–H groups in total. The Morgan fingerprint density at radius 1 is 1.16 bits per heavy atom. The summed E-state index contributed by atoms with van der Waals surface area (Å²) in [5, 5.41) is 53.1. The number of ether oxygens (including phenoxy) is 3. The van der Waals surface area contributed by atoms with Gasteiger partial charge in [0.2, 0.25) is 0 Å². The molecule has 0 saturated carbocycles. The smallest absolute Gasteiger partial charge is 0.153 e. The number of allylic oxidation sites excluding steroid dienone is 2. The van der Waals surface area contributed by atoms with Crippen molar-refractivity contribution in [1.82, 2.24) is 0 Å². The second kappa shape index (κ2) is 11.1. The minimum atomic E-state index is -1.30. The lowest BCUT2D eigenvalue weighted by atomic mass is 9.88. The number of nitrogens with zero attached hydrogens (tertiary/aromatic N) is 2. The summed E-state index contributed by atoms with van der Waals surface area (Å²) in [6.07, 6.45) is 2.76. The molecule has 31 heavy (non-hydrogen) atoms. The molecule has 0 aromatic heterocycles. The predicted octanol–water partition coefficient (Wildman–Crippen LogP) is 0.989. The van der Waals surface area contributed by atoms with Gasteiger partial charge in [-0.2, -0.15) is 0 Å². The SMILES string of the molecule is COc1cccc(C)c1N(O)C1(C)C=CC=C(OCC(O)COCC(O)CO)/C1=N\O. The largest absolute Gasteiger partial charge is 0.494 e. The van der Waals surface area contributed by atoms with E-state index in [2.05, 4.69) is 5.16 Å². The lowest BCUT2D eigenvalue weighted by Gasteiger charge is -2.39. The fourth-order valence-corrected chi connectivity index (χ4v) is 3.10. The van der Waals surface area contributed by atoms with E-state index in [1.54, 1.807) is 37.3 Å². The van der Waals surface area contributed by atoms with Gasteiger partial charge in [-0.15, -0.1) is 0 Å². The van der Waals surface area contributed by atoms with Crippen LogP contribution >= 0.6 is 0 Å². The number of aryl methyl sites for hydroxylation is 1. The Morgan fingerprint density at radius 3 is 2.52 bits per heavy atom. The quantitative estimate of drug-likeness (QED) is 0.252. The van der Waals surface area contributed by atoms with Crippen LogP contribution in [0, 0.1) is 6.92 Å². The van der Waals surface area contributed by atoms with Crippen molar-refractivity contribution in [1.29, 1.82) is 0 Å². The van der Waals surface area contributed by atoms with Crippen molar-refractivity contribution in [3.05, 3.63) is 47.7 Å². The standard InChI is InChI=1S/C21H30N2O8/c1-14-6-4-7-17(29-3)19(14)23(28)21(2)9-5-8-18(20(21)22-27)31-13-16(26)12-30-11-15(25)10-24/h4-9,15-16,24-28H,10-13H2,1-3H3/b22-20+. The molecule has 2 rings (SSSR count). The highest BCUT2D eigenvalue weighted by Gasteiger charge is 2.41. The Bertz CT molecular complexity index is 826. The third-order valence-electron chi connectivity index (χ3n) is 4.82. The van der Waals surface area contributed by atoms with Crippen LogP contribution in [0.5, 0.6) is 5.75 Å². The van der Waals surface area contributed by atoms with E-state index in [4.69, 9.17) is 19.3 Å². The van der Waals surface area contributed by atoms with Crippen LogP contribution in [0.3, 0.4) is 0 Å². The molecule has 0 radical (unpaired) electrons. The van der Waals surface area contributed by atoms with Crippen molar-refractivity contribution in [2.75, 3.05) is 38.6 Å². The molecular formula is C21H30N2O8. The molecule has 3 atom stereocenters. The van der Waals surface area contributed by atoms with Crippen LogP contribution in [0.1, 0.15) is 12.5 Å². The van der Waals surface area contributed by atoms with Crippen LogP contribution in [0.2, 0.25) is 0 Å². The first kappa shape index (κ1) is 24.6. The third kappa shape index (κ3) is 5.75. The molecule has 1 aromatic carbocycles. The van der Waals surface area contributed by atoms with Gasteiger partial charge in [0.15, 0.2) is 5.71 Å². The highest BCUT2D eigenvalue weighted by molar-refractivity contribution is 6.09. The van der Waals surface area contributed by atoms with Gasteiger partial charge in [0.1, 0.15) is 41.5 Å². The molecule has 10 nitrogen and oxygen atoms in total. The van der Waals surface area contributed by atoms with Crippen LogP contribution < -0.4 is 9.80 Å². The Hall–Kier alpha value is -2.63. The average molecular weight is 438 g/mol. The number of oxime groups is 1. The number of aliphatic hydroxyl groups excluding tert-OH is 3. The predicted molar refractivity (Wildman–Crippen MR) is 113 cm³/mol. The van der Waals surface area contributed by atoms with E-state index in [1.165, 1.54) is 7.11 Å². The van der Waals surface area contributed by atoms with Crippen molar-refractivity contribution in [2.45, 2.75) is 31.6 Å². The van der Waals surface area contributed by atoms with Crippen molar-refractivity contribution >= 4 is 11.4 Å². The lowest BCUT2D eigenvalue weighted by molar-refractivity contribution is -0.0392. The summed E-state index contributed by atoms with van der Waals surface area (Å²) < 4.78 is 16.1. The first-order valence-corrected chi connectivity index (χ1v) is 9.71. The number of para-hydroxylation sites is 1. The molecule has 0 fully saturated rings. The maximum Gasteiger partial charge on any atom is 0.153 e. The van der Waals surface area contributed by atoms with Crippen LogP contribution in [0.25, 0.3) is 0 Å². The lowest BCUT2D eigenvalue weighted by Crippen LogP contribution is -2.52. The molecule has 1 aromatic rings. The van der Waals surface area contributed by atoms with Gasteiger partial charge in [0.25, 0.3) is 0 Å². The Kier molecular flexibility index (Phi) is 8.84. The zero-order valence-electron chi connectivity index (χ0n) is 17.8. The molecule has 3 unspecified atom stereocenters. The number of methoxy groups -OCH3 is 1. The number of rotatable bonds is 11. The minimum absolute atomic E-state index is 0.0200. The maximum absolute atomic E-state index is 11.1. The van der Waals surface area contributed by atoms with Crippen LogP contribution in [0.4, 0.5) is 5.69 Å². The fraction of sp³-hybridized carbons (Fsp3) is 0.476. The van der Waals surface area contributed by atoms with E-state index in [1.807, 2.05) is 13.0 Å². The van der Waals surface area contributed by atoms with Gasteiger partial charge in [-0.25, -0.2) is 5.06 Å². The third-order valence-corrected chi connectivity index (χ3v) is 4.82. The molecule has 1 aliphatic rings. The highest BCUT2D eigenvalue weighted by atomic mass is 16.5. The van der Waals surface area contributed by atoms with Gasteiger partial charge in [-0.1, -0.05) is 29.4 Å². The summed E-state index contributed by atoms with van der Waals surface area (Å²) in [6.45, 7) is 2.56. The Labute approximate surface area is 180 Å². The van der Waals surface area contributed by atoms with Gasteiger partial charge in [-0.3, -0.25) is 5.21 Å². The molecule has 0 saturated heterocycles. The van der Waals surface area contributed by atoms with Gasteiger partial charge >= 0.3 is 0 Å². The van der Waals surface area contributed by atoms with E-state index in [0.717, 1.165) is 10.6 Å². The number of hydroxylamine groups is 1. The number of hydrogen-bond acceptors (Lipinski definition) is 10. The first-order chi connectivity index (χ1) is 14.8. The summed E-state index contributed by atoms with van der Waals surface area (Å²) in [7, 11) is 1.49. The average Bonchev–Trinajstić information content (AvgIpc) is 2.76. The molecule has 10 heteroatoms. The van der Waals surface area contributed by atoms with Crippen LogP contribution in [-0.2, 0) is 9.47 Å². The minimum Gasteiger partial charge on any atom is -0.494 e. The van der Waals surface area contributed by atoms with Crippen molar-refractivity contribution < 1.29 is 39.9 Å². The van der Waals surface area contributed by atoms with Gasteiger partial charge in [0, 0.05) is 0 Å². The van der Waals surface area contributed by atoms with E-state index in [0.29, 0.717) is 11.4 Å². The highest BCUT2D eigenvalue weighted by Crippen LogP contribution is 2.38. The normalized spacial score (nSPS) is 21.5. The van der Waals surface area contributed by atoms with Gasteiger partial charge < -0.3 is 34.7 Å². The second-order valence-electron chi connectivity index (χ2n) is 7.26. The van der Waals surface area contributed by atoms with E-state index < -0.39 is 24.4 Å². The van der Waals surface area contributed by atoms with Crippen molar-refractivity contribution in [3.63, 3.8) is 0 Å². The fourth-order valence-electron chi connectivity index (χ4n) is 3.10. The summed E-state index contributed by atoms with van der Waals surface area (Å²) in [5.41, 5.74) is -0.143. The maximum atomic E-state index is 11.1. The topological polar surface area (TPSA) is 144 Å². The molecular weight excluding hydrogens is 408 g/mol. The molecule has 0 amide bonds. The summed E-state index contributed by atoms with van der Waals surface area (Å²) in [4.78, 5) is 0. The summed E-state index contributed by atoms with van der Waals surface area (Å²) >= 11 is 0. The zero-order valence-corrected chi connectivity index (χ0v) is 17.8. The molecule has 172 valence electrons. The summed E-state index contributed by atoms with van der Waals surface area (Å²) in [5.74, 6) is 0.581. The molecule has 0 heterocycles. The molecule has 0 aliphatic heterocycles. The molecule has 0 bridgehead atoms. The Balaban J connectivity index is 2.13. The molecule has 1 aliphatic carbocycles. The zero-order chi connectivity index (χ0) is 23.0. The van der Waals surface area contributed by atoms with E-state index >= 15 is 0 Å². The number of aliphatic hydroxyl groups is 3. The Morgan fingerprint density at radius 2 is 1.87 bits per heavy atom. The number of anilines is 1. The monoisotopic (exact) mass is 438 g/mol. The van der Waals surface area contributed by atoms with Gasteiger partial charge in [0.05, 0.1) is 26.9 Å². The number of hydrogen-bond donors (Lipinski definition) is 5. The van der Waals surface area contributed by atoms with E-state index in [9.17, 15) is 20.6 Å². The van der Waals surface area contributed by atoms with Crippen LogP contribution in [-0.4, -0.2) is 82.7 Å². The number of benzene rings is 1. The summed E-state index contributed by atoms with van der Waals surface area (Å²) in [6, 6.07) is 5.31.